The number of methoxy groups -OCH3 is 1. The number of fused-ring (bicyclic) bond motifs is 1. The molecular formula is C30H26N6O2. The van der Waals surface area contributed by atoms with E-state index in [1.807, 2.05) is 54.6 Å². The van der Waals surface area contributed by atoms with Crippen molar-refractivity contribution in [2.45, 2.75) is 13.5 Å². The number of rotatable bonds is 6. The van der Waals surface area contributed by atoms with Crippen LogP contribution in [0.15, 0.2) is 90.1 Å². The van der Waals surface area contributed by atoms with Gasteiger partial charge in [-0.05, 0) is 42.8 Å². The average Bonchev–Trinajstić information content (AvgIpc) is 3.50. The number of aromatic nitrogens is 6. The summed E-state index contributed by atoms with van der Waals surface area (Å²) in [4.78, 5) is 30.3. The number of aryl methyl sites for hydroxylation is 2. The molecule has 38 heavy (non-hydrogen) atoms. The van der Waals surface area contributed by atoms with Crippen LogP contribution >= 0.6 is 0 Å². The molecule has 0 aliphatic rings. The minimum Gasteiger partial charge on any atom is -0.497 e. The third-order valence-corrected chi connectivity index (χ3v) is 6.73. The van der Waals surface area contributed by atoms with E-state index in [0.717, 1.165) is 50.4 Å². The lowest BCUT2D eigenvalue weighted by atomic mass is 10.0. The molecule has 0 saturated carbocycles. The molecule has 3 aromatic heterocycles. The predicted octanol–water partition coefficient (Wildman–Crippen LogP) is 5.22. The zero-order chi connectivity index (χ0) is 26.2. The van der Waals surface area contributed by atoms with Crippen LogP contribution in [0.4, 0.5) is 0 Å². The van der Waals surface area contributed by atoms with Gasteiger partial charge in [0, 0.05) is 30.6 Å². The second-order valence-corrected chi connectivity index (χ2v) is 9.25. The maximum absolute atomic E-state index is 13.2. The molecule has 0 bridgehead atoms. The second kappa shape index (κ2) is 9.48. The number of nitrogens with one attached hydrogen (secondary N) is 1. The molecule has 0 radical (unpaired) electrons. The Bertz CT molecular complexity index is 1810. The normalized spacial score (nSPS) is 11.2. The number of hydrogen-bond acceptors (Lipinski definition) is 5. The molecule has 8 nitrogen and oxygen atoms in total. The first-order valence-electron chi connectivity index (χ1n) is 12.3. The molecule has 0 spiro atoms. The Kier molecular flexibility index (Phi) is 5.84. The van der Waals surface area contributed by atoms with Crippen LogP contribution < -0.4 is 10.4 Å². The van der Waals surface area contributed by atoms with E-state index in [-0.39, 0.29) is 5.69 Å². The number of hydrogen-bond donors (Lipinski definition) is 1. The highest BCUT2D eigenvalue weighted by atomic mass is 16.5. The van der Waals surface area contributed by atoms with Crippen LogP contribution in [0, 0.1) is 6.92 Å². The smallest absolute Gasteiger partial charge is 0.329 e. The minimum absolute atomic E-state index is 0.0725. The van der Waals surface area contributed by atoms with Gasteiger partial charge in [0.1, 0.15) is 11.4 Å². The maximum Gasteiger partial charge on any atom is 0.329 e. The molecule has 0 fully saturated rings. The van der Waals surface area contributed by atoms with Gasteiger partial charge < -0.3 is 9.72 Å². The Morgan fingerprint density at radius 3 is 2.53 bits per heavy atom. The molecule has 0 saturated heterocycles. The third-order valence-electron chi connectivity index (χ3n) is 6.73. The van der Waals surface area contributed by atoms with Crippen molar-refractivity contribution in [3.05, 3.63) is 107 Å². The fourth-order valence-corrected chi connectivity index (χ4v) is 4.76. The summed E-state index contributed by atoms with van der Waals surface area (Å²) < 4.78 is 8.76. The Balaban J connectivity index is 1.51. The highest BCUT2D eigenvalue weighted by Crippen LogP contribution is 2.34. The van der Waals surface area contributed by atoms with Crippen LogP contribution in [-0.4, -0.2) is 36.2 Å². The van der Waals surface area contributed by atoms with Crippen LogP contribution in [0.5, 0.6) is 5.75 Å². The molecule has 188 valence electrons. The van der Waals surface area contributed by atoms with E-state index < -0.39 is 0 Å². The predicted molar refractivity (Wildman–Crippen MR) is 148 cm³/mol. The third kappa shape index (κ3) is 4.16. The van der Waals surface area contributed by atoms with Crippen molar-refractivity contribution in [2.75, 3.05) is 7.11 Å². The highest BCUT2D eigenvalue weighted by molar-refractivity contribution is 5.87. The molecule has 3 aromatic carbocycles. The van der Waals surface area contributed by atoms with Crippen LogP contribution in [-0.2, 0) is 13.6 Å². The molecule has 0 amide bonds. The molecule has 0 unspecified atom stereocenters. The van der Waals surface area contributed by atoms with Gasteiger partial charge in [-0.2, -0.15) is 0 Å². The summed E-state index contributed by atoms with van der Waals surface area (Å²) >= 11 is 0. The van der Waals surface area contributed by atoms with Gasteiger partial charge in [-0.25, -0.2) is 14.8 Å². The number of aromatic amines is 1. The lowest BCUT2D eigenvalue weighted by Crippen LogP contribution is -2.22. The van der Waals surface area contributed by atoms with Gasteiger partial charge >= 0.3 is 5.69 Å². The maximum atomic E-state index is 13.2. The SMILES string of the molecule is COc1ccc(Cn2c(=O)n(C)c3ccc(-c4[nH]c(-c5cnccn5)nc4-c4cccc(C)c4)cc32)cc1. The van der Waals surface area contributed by atoms with Crippen molar-refractivity contribution in [1.82, 2.24) is 29.1 Å². The number of benzene rings is 3. The lowest BCUT2D eigenvalue weighted by Gasteiger charge is -2.08. The van der Waals surface area contributed by atoms with E-state index in [9.17, 15) is 4.79 Å². The van der Waals surface area contributed by atoms with E-state index in [1.54, 1.807) is 41.9 Å². The first-order chi connectivity index (χ1) is 18.5. The molecule has 0 atom stereocenters. The second-order valence-electron chi connectivity index (χ2n) is 9.25. The fourth-order valence-electron chi connectivity index (χ4n) is 4.76. The van der Waals surface area contributed by atoms with Crippen molar-refractivity contribution in [3.63, 3.8) is 0 Å². The number of imidazole rings is 2. The van der Waals surface area contributed by atoms with Crippen LogP contribution in [0.1, 0.15) is 11.1 Å². The largest absolute Gasteiger partial charge is 0.497 e. The van der Waals surface area contributed by atoms with E-state index in [1.165, 1.54) is 0 Å². The Morgan fingerprint density at radius 1 is 0.947 bits per heavy atom. The summed E-state index contributed by atoms with van der Waals surface area (Å²) in [6.07, 6.45) is 4.98. The van der Waals surface area contributed by atoms with E-state index >= 15 is 0 Å². The average molecular weight is 503 g/mol. The zero-order valence-electron chi connectivity index (χ0n) is 21.3. The Hall–Kier alpha value is -4.98. The van der Waals surface area contributed by atoms with Crippen LogP contribution in [0.3, 0.4) is 0 Å². The van der Waals surface area contributed by atoms with E-state index in [0.29, 0.717) is 18.1 Å². The van der Waals surface area contributed by atoms with Crippen LogP contribution in [0.25, 0.3) is 45.1 Å². The van der Waals surface area contributed by atoms with Gasteiger partial charge in [-0.15, -0.1) is 0 Å². The first kappa shape index (κ1) is 23.4. The fraction of sp³-hybridized carbons (Fsp3) is 0.133. The van der Waals surface area contributed by atoms with E-state index in [4.69, 9.17) is 9.72 Å². The van der Waals surface area contributed by atoms with Gasteiger partial charge in [0.15, 0.2) is 5.82 Å². The van der Waals surface area contributed by atoms with Crippen molar-refractivity contribution < 1.29 is 4.74 Å². The summed E-state index contributed by atoms with van der Waals surface area (Å²) in [5, 5.41) is 0. The molecule has 6 aromatic rings. The summed E-state index contributed by atoms with van der Waals surface area (Å²) in [7, 11) is 3.44. The van der Waals surface area contributed by atoms with Crippen LogP contribution in [0.2, 0.25) is 0 Å². The number of H-pyrrole nitrogens is 1. The van der Waals surface area contributed by atoms with Gasteiger partial charge in [0.2, 0.25) is 0 Å². The highest BCUT2D eigenvalue weighted by Gasteiger charge is 2.19. The van der Waals surface area contributed by atoms with Crippen molar-refractivity contribution in [3.8, 4) is 39.8 Å². The standard InChI is InChI=1S/C30H26N6O2/c1-19-5-4-6-21(15-19)27-28(34-29(33-27)24-17-31-13-14-32-24)22-9-12-25-26(16-22)36(30(37)35(25)2)18-20-7-10-23(38-3)11-8-20/h4-17H,18H2,1-3H3,(H,33,34). The van der Waals surface area contributed by atoms with Crippen molar-refractivity contribution in [1.29, 1.82) is 0 Å². The molecule has 8 heteroatoms. The van der Waals surface area contributed by atoms with E-state index in [2.05, 4.69) is 34.0 Å². The van der Waals surface area contributed by atoms with Crippen molar-refractivity contribution >= 4 is 11.0 Å². The van der Waals surface area contributed by atoms with Gasteiger partial charge in [0.25, 0.3) is 0 Å². The van der Waals surface area contributed by atoms with Gasteiger partial charge in [-0.3, -0.25) is 14.1 Å². The molecule has 0 aliphatic carbocycles. The first-order valence-corrected chi connectivity index (χ1v) is 12.3. The topological polar surface area (TPSA) is 90.6 Å². The zero-order valence-corrected chi connectivity index (χ0v) is 21.3. The Labute approximate surface area is 219 Å². The number of ether oxygens (including phenoxy) is 1. The lowest BCUT2D eigenvalue weighted by molar-refractivity contribution is 0.414. The monoisotopic (exact) mass is 502 g/mol. The van der Waals surface area contributed by atoms with Gasteiger partial charge in [-0.1, -0.05) is 42.0 Å². The van der Waals surface area contributed by atoms with Crippen molar-refractivity contribution in [2.24, 2.45) is 7.05 Å². The molecule has 3 heterocycles. The summed E-state index contributed by atoms with van der Waals surface area (Å²) in [6, 6.07) is 22.1. The quantitative estimate of drug-likeness (QED) is 0.337. The van der Waals surface area contributed by atoms with Gasteiger partial charge in [0.05, 0.1) is 42.3 Å². The summed E-state index contributed by atoms with van der Waals surface area (Å²) in [6.45, 7) is 2.51. The summed E-state index contributed by atoms with van der Waals surface area (Å²) in [5.41, 5.74) is 8.03. The number of nitrogens with zero attached hydrogens (tertiary/aromatic N) is 5. The molecule has 0 aliphatic heterocycles. The summed E-state index contributed by atoms with van der Waals surface area (Å²) in [5.74, 6) is 1.41. The molecule has 6 rings (SSSR count). The molecular weight excluding hydrogens is 476 g/mol. The minimum atomic E-state index is -0.0725. The molecule has 1 N–H and O–H groups in total. The Morgan fingerprint density at radius 2 is 1.79 bits per heavy atom.